The Morgan fingerprint density at radius 3 is 2.56 bits per heavy atom. The summed E-state index contributed by atoms with van der Waals surface area (Å²) in [4.78, 5) is 29.6. The summed E-state index contributed by atoms with van der Waals surface area (Å²) in [5.41, 5.74) is 1.57. The number of ether oxygens (including phenoxy) is 1. The first-order valence-electron chi connectivity index (χ1n) is 11.5. The molecular formula is C25H27Cl2N3O3S. The predicted molar refractivity (Wildman–Crippen MR) is 139 cm³/mol. The highest BCUT2D eigenvalue weighted by Crippen LogP contribution is 2.34. The molecule has 1 aliphatic carbocycles. The van der Waals surface area contributed by atoms with Crippen molar-refractivity contribution >= 4 is 58.0 Å². The number of nitrogens with one attached hydrogen (secondary N) is 1. The lowest BCUT2D eigenvalue weighted by atomic mass is 10.1. The number of benzene rings is 2. The topological polar surface area (TPSA) is 61.9 Å². The molecule has 6 nitrogen and oxygen atoms in total. The maximum Gasteiger partial charge on any atom is 0.252 e. The van der Waals surface area contributed by atoms with E-state index < -0.39 is 6.04 Å². The van der Waals surface area contributed by atoms with Gasteiger partial charge in [-0.2, -0.15) is 0 Å². The fraction of sp³-hybridized carbons (Fsp3) is 0.400. The largest absolute Gasteiger partial charge is 0.494 e. The van der Waals surface area contributed by atoms with Crippen molar-refractivity contribution in [2.45, 2.75) is 51.1 Å². The van der Waals surface area contributed by atoms with E-state index in [1.807, 2.05) is 30.0 Å². The fourth-order valence-electron chi connectivity index (χ4n) is 3.99. The molecule has 9 heteroatoms. The van der Waals surface area contributed by atoms with Crippen LogP contribution in [-0.2, 0) is 16.0 Å². The van der Waals surface area contributed by atoms with Gasteiger partial charge in [-0.15, -0.1) is 0 Å². The first kappa shape index (κ1) is 24.8. The number of hydrogen-bond donors (Lipinski definition) is 1. The zero-order valence-electron chi connectivity index (χ0n) is 18.9. The normalized spacial score (nSPS) is 17.9. The number of amides is 2. The molecule has 0 radical (unpaired) electrons. The van der Waals surface area contributed by atoms with Crippen molar-refractivity contribution < 1.29 is 14.3 Å². The van der Waals surface area contributed by atoms with Gasteiger partial charge >= 0.3 is 0 Å². The van der Waals surface area contributed by atoms with Gasteiger partial charge < -0.3 is 15.0 Å². The lowest BCUT2D eigenvalue weighted by molar-refractivity contribution is -0.131. The third-order valence-corrected chi connectivity index (χ3v) is 6.91. The number of thiocarbonyl (C=S) groups is 1. The van der Waals surface area contributed by atoms with Crippen LogP contribution >= 0.6 is 35.4 Å². The first-order chi connectivity index (χ1) is 16.4. The molecule has 1 aliphatic heterocycles. The van der Waals surface area contributed by atoms with Crippen LogP contribution in [0.1, 0.15) is 38.2 Å². The van der Waals surface area contributed by atoms with Crippen LogP contribution in [0.5, 0.6) is 5.75 Å². The van der Waals surface area contributed by atoms with Crippen molar-refractivity contribution in [2.75, 3.05) is 18.5 Å². The van der Waals surface area contributed by atoms with Crippen LogP contribution < -0.4 is 10.1 Å². The smallest absolute Gasteiger partial charge is 0.252 e. The highest BCUT2D eigenvalue weighted by atomic mass is 35.5. The van der Waals surface area contributed by atoms with Crippen LogP contribution in [0.3, 0.4) is 0 Å². The molecule has 2 aromatic rings. The van der Waals surface area contributed by atoms with Gasteiger partial charge in [0.05, 0.1) is 13.0 Å². The number of nitrogens with zero attached hydrogens (tertiary/aromatic N) is 2. The van der Waals surface area contributed by atoms with Crippen molar-refractivity contribution in [3.05, 3.63) is 58.1 Å². The second-order valence-corrected chi connectivity index (χ2v) is 9.75. The minimum absolute atomic E-state index is 0.0185. The van der Waals surface area contributed by atoms with Gasteiger partial charge in [0.1, 0.15) is 11.8 Å². The number of hydrogen-bond acceptors (Lipinski definition) is 4. The summed E-state index contributed by atoms with van der Waals surface area (Å²) in [5.74, 6) is 0.409. The average Bonchev–Trinajstić information content (AvgIpc) is 3.61. The summed E-state index contributed by atoms with van der Waals surface area (Å²) in [6, 6.07) is 12.1. The summed E-state index contributed by atoms with van der Waals surface area (Å²) in [6.45, 7) is 3.17. The van der Waals surface area contributed by atoms with Crippen LogP contribution in [0.25, 0.3) is 0 Å². The minimum Gasteiger partial charge on any atom is -0.494 e. The molecule has 0 spiro atoms. The van der Waals surface area contributed by atoms with E-state index >= 15 is 0 Å². The molecule has 1 atom stereocenters. The molecule has 2 aliphatic rings. The quantitative estimate of drug-likeness (QED) is 0.430. The molecule has 1 saturated heterocycles. The van der Waals surface area contributed by atoms with Gasteiger partial charge in [-0.05, 0) is 79.9 Å². The summed E-state index contributed by atoms with van der Waals surface area (Å²) < 4.78 is 5.58. The van der Waals surface area contributed by atoms with E-state index in [0.29, 0.717) is 40.4 Å². The van der Waals surface area contributed by atoms with Gasteiger partial charge in [-0.3, -0.25) is 14.5 Å². The Hall–Kier alpha value is -2.35. The number of rotatable bonds is 10. The van der Waals surface area contributed by atoms with E-state index in [1.165, 1.54) is 0 Å². The Bertz CT molecular complexity index is 1080. The highest BCUT2D eigenvalue weighted by molar-refractivity contribution is 7.80. The molecule has 1 N–H and O–H groups in total. The molecule has 2 fully saturated rings. The SMILES string of the molecule is CCCOc1ccc(NC(=O)CC2C(=O)N(C3CC3)C(=S)N2CCc2ccc(Cl)cc2Cl)cc1. The number of anilines is 1. The van der Waals surface area contributed by atoms with E-state index in [1.54, 1.807) is 29.2 Å². The summed E-state index contributed by atoms with van der Waals surface area (Å²) in [5, 5.41) is 4.52. The Balaban J connectivity index is 1.43. The van der Waals surface area contributed by atoms with E-state index in [-0.39, 0.29) is 24.3 Å². The molecule has 180 valence electrons. The minimum atomic E-state index is -0.633. The van der Waals surface area contributed by atoms with Crippen LogP contribution in [0.15, 0.2) is 42.5 Å². The molecule has 2 aromatic carbocycles. The van der Waals surface area contributed by atoms with Crippen LogP contribution in [0.4, 0.5) is 5.69 Å². The van der Waals surface area contributed by atoms with Gasteiger partial charge in [-0.25, -0.2) is 0 Å². The molecule has 2 amide bonds. The molecule has 1 unspecified atom stereocenters. The third kappa shape index (κ3) is 5.82. The first-order valence-corrected chi connectivity index (χ1v) is 12.6. The summed E-state index contributed by atoms with van der Waals surface area (Å²) in [7, 11) is 0. The zero-order chi connectivity index (χ0) is 24.2. The van der Waals surface area contributed by atoms with Crippen molar-refractivity contribution in [1.82, 2.24) is 9.80 Å². The predicted octanol–water partition coefficient (Wildman–Crippen LogP) is 5.31. The number of carbonyl (C=O) groups excluding carboxylic acids is 2. The molecule has 1 saturated carbocycles. The molecule has 4 rings (SSSR count). The van der Waals surface area contributed by atoms with E-state index in [0.717, 1.165) is 30.6 Å². The van der Waals surface area contributed by atoms with Crippen molar-refractivity contribution in [1.29, 1.82) is 0 Å². The third-order valence-electron chi connectivity index (χ3n) is 5.89. The Morgan fingerprint density at radius 2 is 1.91 bits per heavy atom. The Morgan fingerprint density at radius 1 is 1.18 bits per heavy atom. The highest BCUT2D eigenvalue weighted by Gasteiger charge is 2.48. The van der Waals surface area contributed by atoms with Gasteiger partial charge in [0, 0.05) is 28.3 Å². The monoisotopic (exact) mass is 519 g/mol. The molecule has 34 heavy (non-hydrogen) atoms. The fourth-order valence-corrected chi connectivity index (χ4v) is 4.95. The average molecular weight is 520 g/mol. The van der Waals surface area contributed by atoms with Crippen LogP contribution in [-0.4, -0.2) is 52.0 Å². The van der Waals surface area contributed by atoms with Crippen LogP contribution in [0.2, 0.25) is 10.0 Å². The van der Waals surface area contributed by atoms with Crippen molar-refractivity contribution in [3.63, 3.8) is 0 Å². The molecule has 0 bridgehead atoms. The van der Waals surface area contributed by atoms with E-state index in [9.17, 15) is 9.59 Å². The summed E-state index contributed by atoms with van der Waals surface area (Å²) in [6.07, 6.45) is 3.40. The molecule has 1 heterocycles. The number of halogens is 2. The standard InChI is InChI=1S/C25H27Cl2N3O3S/c1-2-13-33-20-9-5-18(6-10-20)28-23(31)15-22-24(32)30(19-7-8-19)25(34)29(22)12-11-16-3-4-17(26)14-21(16)27/h3-6,9-10,14,19,22H,2,7-8,11-13,15H2,1H3,(H,28,31). The van der Waals surface area contributed by atoms with Crippen molar-refractivity contribution in [2.24, 2.45) is 0 Å². The van der Waals surface area contributed by atoms with Gasteiger partial charge in [0.15, 0.2) is 5.11 Å². The maximum absolute atomic E-state index is 13.2. The maximum atomic E-state index is 13.2. The second kappa shape index (κ2) is 10.9. The summed E-state index contributed by atoms with van der Waals surface area (Å²) >= 11 is 18.0. The second-order valence-electron chi connectivity index (χ2n) is 8.54. The van der Waals surface area contributed by atoms with E-state index in [4.69, 9.17) is 40.2 Å². The number of carbonyl (C=O) groups is 2. The van der Waals surface area contributed by atoms with Gasteiger partial charge in [0.25, 0.3) is 5.91 Å². The molecular weight excluding hydrogens is 493 g/mol. The Labute approximate surface area is 215 Å². The van der Waals surface area contributed by atoms with Gasteiger partial charge in [0.2, 0.25) is 5.91 Å². The van der Waals surface area contributed by atoms with Crippen molar-refractivity contribution in [3.8, 4) is 5.75 Å². The lowest BCUT2D eigenvalue weighted by Crippen LogP contribution is -2.39. The lowest BCUT2D eigenvalue weighted by Gasteiger charge is -2.24. The van der Waals surface area contributed by atoms with Crippen LogP contribution in [0, 0.1) is 0 Å². The van der Waals surface area contributed by atoms with E-state index in [2.05, 4.69) is 5.32 Å². The molecule has 0 aromatic heterocycles. The van der Waals surface area contributed by atoms with Gasteiger partial charge in [-0.1, -0.05) is 36.2 Å². The Kier molecular flexibility index (Phi) is 7.96. The zero-order valence-corrected chi connectivity index (χ0v) is 21.3.